The van der Waals surface area contributed by atoms with E-state index in [2.05, 4.69) is 48.5 Å². The summed E-state index contributed by atoms with van der Waals surface area (Å²) in [7, 11) is -9.94. The van der Waals surface area contributed by atoms with Gasteiger partial charge in [-0.2, -0.15) is 0 Å². The molecule has 7 atom stereocenters. The van der Waals surface area contributed by atoms with Crippen molar-refractivity contribution in [1.82, 2.24) is 0 Å². The molecule has 678 valence electrons. The minimum atomic E-state index is -4.97. The number of carbonyl (C=O) groups excluding carboxylic acids is 4. The Morgan fingerprint density at radius 2 is 0.447 bits per heavy atom. The molecule has 17 nitrogen and oxygen atoms in total. The summed E-state index contributed by atoms with van der Waals surface area (Å²) in [5.74, 6) is 0.395. The molecular formula is C95H186O17P2. The Morgan fingerprint density at radius 3 is 0.667 bits per heavy atom. The summed E-state index contributed by atoms with van der Waals surface area (Å²) in [5.41, 5.74) is 0. The van der Waals surface area contributed by atoms with Gasteiger partial charge in [-0.3, -0.25) is 37.3 Å². The molecule has 0 amide bonds. The van der Waals surface area contributed by atoms with E-state index in [1.165, 1.54) is 321 Å². The Labute approximate surface area is 702 Å². The topological polar surface area (TPSA) is 237 Å². The number of ether oxygens (including phenoxy) is 4. The normalized spacial score (nSPS) is 14.2. The lowest BCUT2D eigenvalue weighted by Gasteiger charge is -2.21. The van der Waals surface area contributed by atoms with Crippen LogP contribution in [0, 0.1) is 17.8 Å². The number of phosphoric ester groups is 2. The highest BCUT2D eigenvalue weighted by atomic mass is 31.2. The smallest absolute Gasteiger partial charge is 0.462 e. The number of hydrogen-bond acceptors (Lipinski definition) is 15. The van der Waals surface area contributed by atoms with E-state index in [-0.39, 0.29) is 25.7 Å². The van der Waals surface area contributed by atoms with E-state index in [1.807, 2.05) is 0 Å². The number of esters is 4. The molecule has 3 N–H and O–H groups in total. The number of carbonyl (C=O) groups is 4. The molecule has 0 spiro atoms. The molecule has 0 aliphatic carbocycles. The first-order valence-corrected chi connectivity index (χ1v) is 51.9. The molecule has 0 aliphatic heterocycles. The summed E-state index contributed by atoms with van der Waals surface area (Å²) in [4.78, 5) is 73.6. The largest absolute Gasteiger partial charge is 0.472 e. The summed E-state index contributed by atoms with van der Waals surface area (Å²) in [5, 5.41) is 10.7. The van der Waals surface area contributed by atoms with Crippen LogP contribution in [0.15, 0.2) is 0 Å². The van der Waals surface area contributed by atoms with Crippen molar-refractivity contribution in [1.29, 1.82) is 0 Å². The molecule has 0 radical (unpaired) electrons. The van der Waals surface area contributed by atoms with Crippen molar-refractivity contribution in [3.63, 3.8) is 0 Å². The van der Waals surface area contributed by atoms with E-state index in [1.54, 1.807) is 0 Å². The second-order valence-corrected chi connectivity index (χ2v) is 38.0. The first kappa shape index (κ1) is 112. The lowest BCUT2D eigenvalue weighted by atomic mass is 9.99. The van der Waals surface area contributed by atoms with Crippen molar-refractivity contribution < 1.29 is 80.2 Å². The van der Waals surface area contributed by atoms with E-state index in [9.17, 15) is 43.2 Å². The van der Waals surface area contributed by atoms with Crippen molar-refractivity contribution in [3.05, 3.63) is 0 Å². The van der Waals surface area contributed by atoms with E-state index in [0.29, 0.717) is 25.7 Å². The SMILES string of the molecule is CCCCCCCCCCCCCCCCCCCCC(=O)O[C@H](COC(=O)CCCCCCCCCCCC(C)C)COP(=O)(O)OC[C@H](O)COP(=O)(O)OC[C@@H](COC(=O)CCCCCCCCCCCCCCCCCCCCC(C)CC)OC(=O)CCCCCCCCCCCCCCCCCCCCC(C)CC. The molecule has 0 aromatic rings. The van der Waals surface area contributed by atoms with Crippen molar-refractivity contribution >= 4 is 39.5 Å². The van der Waals surface area contributed by atoms with Crippen molar-refractivity contribution in [2.45, 2.75) is 529 Å². The fraction of sp³-hybridized carbons (Fsp3) is 0.958. The third-order valence-electron chi connectivity index (χ3n) is 23.1. The van der Waals surface area contributed by atoms with Crippen molar-refractivity contribution in [2.24, 2.45) is 17.8 Å². The van der Waals surface area contributed by atoms with E-state index >= 15 is 0 Å². The van der Waals surface area contributed by atoms with Crippen LogP contribution in [0.25, 0.3) is 0 Å². The average molecular weight is 1660 g/mol. The van der Waals surface area contributed by atoms with Crippen molar-refractivity contribution in [3.8, 4) is 0 Å². The molecule has 114 heavy (non-hydrogen) atoms. The van der Waals surface area contributed by atoms with Crippen LogP contribution < -0.4 is 0 Å². The minimum Gasteiger partial charge on any atom is -0.462 e. The highest BCUT2D eigenvalue weighted by Gasteiger charge is 2.31. The third-order valence-corrected chi connectivity index (χ3v) is 25.0. The standard InChI is InChI=1S/C95H186O17P2/c1-8-11-12-13-14-15-16-17-18-19-26-32-37-42-49-57-64-71-79-95(100)112-91(83-106-93(98)77-70-63-56-51-44-45-52-59-66-73-86(4)5)85-110-114(103,104)108-81-89(96)80-107-113(101,102)109-84-90(111-94(99)78-72-65-58-50-43-38-33-28-23-21-25-30-35-40-47-54-61-68-75-88(7)10-3)82-105-92(97)76-69-62-55-48-41-36-31-27-22-20-24-29-34-39-46-53-60-67-74-87(6)9-2/h86-91,96H,8-85H2,1-7H3,(H,101,102)(H,103,104)/t87?,88?,89-,90-,91-/m1/s1. The number of phosphoric acid groups is 2. The van der Waals surface area contributed by atoms with Gasteiger partial charge in [-0.15, -0.1) is 0 Å². The molecule has 0 rings (SSSR count). The van der Waals surface area contributed by atoms with Gasteiger partial charge < -0.3 is 33.8 Å². The van der Waals surface area contributed by atoms with Crippen LogP contribution in [0.4, 0.5) is 0 Å². The molecule has 0 aliphatic rings. The van der Waals surface area contributed by atoms with Crippen LogP contribution in [0.5, 0.6) is 0 Å². The first-order valence-electron chi connectivity index (χ1n) is 48.9. The Kier molecular flexibility index (Phi) is 83.2. The Morgan fingerprint density at radius 1 is 0.254 bits per heavy atom. The Hall–Kier alpha value is -1.94. The summed E-state index contributed by atoms with van der Waals surface area (Å²) in [6, 6.07) is 0. The molecule has 19 heteroatoms. The molecule has 4 unspecified atom stereocenters. The van der Waals surface area contributed by atoms with E-state index in [0.717, 1.165) is 108 Å². The number of aliphatic hydroxyl groups excluding tert-OH is 1. The monoisotopic (exact) mass is 1660 g/mol. The lowest BCUT2D eigenvalue weighted by molar-refractivity contribution is -0.161. The maximum absolute atomic E-state index is 13.2. The van der Waals surface area contributed by atoms with Crippen LogP contribution in [-0.2, 0) is 65.4 Å². The van der Waals surface area contributed by atoms with E-state index in [4.69, 9.17) is 37.0 Å². The zero-order valence-electron chi connectivity index (χ0n) is 75.6. The summed E-state index contributed by atoms with van der Waals surface area (Å²) < 4.78 is 69.2. The van der Waals surface area contributed by atoms with Gasteiger partial charge in [-0.1, -0.05) is 459 Å². The Balaban J connectivity index is 5.24. The van der Waals surface area contributed by atoms with Crippen LogP contribution in [0.2, 0.25) is 0 Å². The van der Waals surface area contributed by atoms with Gasteiger partial charge in [0, 0.05) is 25.7 Å². The summed E-state index contributed by atoms with van der Waals surface area (Å²) in [6.45, 7) is 12.2. The maximum atomic E-state index is 13.2. The summed E-state index contributed by atoms with van der Waals surface area (Å²) in [6.07, 6.45) is 79.2. The molecule has 0 aromatic carbocycles. The number of hydrogen-bond donors (Lipinski definition) is 3. The second-order valence-electron chi connectivity index (χ2n) is 35.1. The highest BCUT2D eigenvalue weighted by Crippen LogP contribution is 2.45. The molecule has 0 saturated heterocycles. The van der Waals surface area contributed by atoms with Crippen molar-refractivity contribution in [2.75, 3.05) is 39.6 Å². The molecule has 0 saturated carbocycles. The van der Waals surface area contributed by atoms with Gasteiger partial charge in [0.1, 0.15) is 19.3 Å². The van der Waals surface area contributed by atoms with Crippen LogP contribution in [-0.4, -0.2) is 96.7 Å². The van der Waals surface area contributed by atoms with Crippen LogP contribution >= 0.6 is 15.6 Å². The van der Waals surface area contributed by atoms with Gasteiger partial charge in [0.05, 0.1) is 26.4 Å². The van der Waals surface area contributed by atoms with Gasteiger partial charge in [0.25, 0.3) is 0 Å². The van der Waals surface area contributed by atoms with Gasteiger partial charge in [0.15, 0.2) is 12.2 Å². The average Bonchev–Trinajstić information content (AvgIpc) is 0.894. The molecule has 0 heterocycles. The summed E-state index contributed by atoms with van der Waals surface area (Å²) >= 11 is 0. The quantitative estimate of drug-likeness (QED) is 0.0222. The van der Waals surface area contributed by atoms with Crippen LogP contribution in [0.1, 0.15) is 511 Å². The van der Waals surface area contributed by atoms with Gasteiger partial charge in [0.2, 0.25) is 0 Å². The number of rotatable bonds is 93. The molecule has 0 bridgehead atoms. The zero-order chi connectivity index (χ0) is 83.6. The predicted molar refractivity (Wildman–Crippen MR) is 474 cm³/mol. The molecular weight excluding hydrogens is 1470 g/mol. The number of unbranched alkanes of at least 4 members (excludes halogenated alkanes) is 59. The maximum Gasteiger partial charge on any atom is 0.472 e. The van der Waals surface area contributed by atoms with Gasteiger partial charge in [-0.25, -0.2) is 9.13 Å². The third kappa shape index (κ3) is 85.1. The molecule has 0 aromatic heterocycles. The second kappa shape index (κ2) is 84.7. The van der Waals surface area contributed by atoms with E-state index < -0.39 is 97.5 Å². The van der Waals surface area contributed by atoms with Gasteiger partial charge >= 0.3 is 39.5 Å². The molecule has 0 fully saturated rings. The fourth-order valence-corrected chi connectivity index (χ4v) is 16.5. The number of aliphatic hydroxyl groups is 1. The fourth-order valence-electron chi connectivity index (χ4n) is 14.9. The minimum absolute atomic E-state index is 0.108. The highest BCUT2D eigenvalue weighted by molar-refractivity contribution is 7.47. The predicted octanol–water partition coefficient (Wildman–Crippen LogP) is 29.6. The Bertz CT molecular complexity index is 2190. The van der Waals surface area contributed by atoms with Crippen LogP contribution in [0.3, 0.4) is 0 Å². The first-order chi connectivity index (χ1) is 55.3. The van der Waals surface area contributed by atoms with Gasteiger partial charge in [-0.05, 0) is 43.4 Å². The zero-order valence-corrected chi connectivity index (χ0v) is 77.4. The lowest BCUT2D eigenvalue weighted by Crippen LogP contribution is -2.30.